The minimum absolute atomic E-state index is 0.0707. The van der Waals surface area contributed by atoms with Gasteiger partial charge in [-0.2, -0.15) is 5.10 Å². The van der Waals surface area contributed by atoms with Crippen LogP contribution in [0.15, 0.2) is 35.4 Å². The van der Waals surface area contributed by atoms with E-state index in [1.807, 2.05) is 27.6 Å². The Morgan fingerprint density at radius 1 is 1.37 bits per heavy atom. The van der Waals surface area contributed by atoms with Crippen molar-refractivity contribution in [3.8, 4) is 0 Å². The molecule has 0 unspecified atom stereocenters. The van der Waals surface area contributed by atoms with Gasteiger partial charge in [-0.05, 0) is 30.9 Å². The number of hydrogen-bond donors (Lipinski definition) is 1. The number of hydrogen-bond acceptors (Lipinski definition) is 3. The standard InChI is InChI=1S/C14H18N4O/c15-12-3-4-13-11(10-12)2-5-14(19)18(13)9-8-17-7-1-6-16-17/h1-2,5-7,12H,3-4,8-10,15H2/t12-/m0/s1. The molecule has 2 aromatic rings. The molecule has 2 heterocycles. The molecule has 2 N–H and O–H groups in total. The average molecular weight is 258 g/mol. The second-order valence-corrected chi connectivity index (χ2v) is 5.07. The number of aryl methyl sites for hydroxylation is 1. The first-order valence-corrected chi connectivity index (χ1v) is 6.68. The van der Waals surface area contributed by atoms with Crippen LogP contribution in [0.2, 0.25) is 0 Å². The van der Waals surface area contributed by atoms with E-state index in [9.17, 15) is 4.79 Å². The largest absolute Gasteiger partial charge is 0.327 e. The lowest BCUT2D eigenvalue weighted by atomic mass is 9.92. The molecule has 0 saturated heterocycles. The number of pyridine rings is 1. The topological polar surface area (TPSA) is 65.8 Å². The van der Waals surface area contributed by atoms with Gasteiger partial charge >= 0.3 is 0 Å². The maximum atomic E-state index is 12.0. The lowest BCUT2D eigenvalue weighted by Crippen LogP contribution is -2.34. The second kappa shape index (κ2) is 5.01. The minimum atomic E-state index is 0.0707. The van der Waals surface area contributed by atoms with Crippen molar-refractivity contribution < 1.29 is 0 Å². The van der Waals surface area contributed by atoms with Crippen LogP contribution >= 0.6 is 0 Å². The molecule has 0 fully saturated rings. The SMILES string of the molecule is N[C@H]1CCc2c(ccc(=O)n2CCn2cccn2)C1. The van der Waals surface area contributed by atoms with Gasteiger partial charge in [0.2, 0.25) is 0 Å². The number of fused-ring (bicyclic) bond motifs is 1. The third-order valence-electron chi connectivity index (χ3n) is 3.74. The quantitative estimate of drug-likeness (QED) is 0.875. The predicted molar refractivity (Wildman–Crippen MR) is 72.9 cm³/mol. The first-order chi connectivity index (χ1) is 9.24. The normalized spacial score (nSPS) is 18.3. The summed E-state index contributed by atoms with van der Waals surface area (Å²) in [6, 6.07) is 5.70. The molecule has 1 atom stereocenters. The predicted octanol–water partition coefficient (Wildman–Crippen LogP) is 0.561. The first kappa shape index (κ1) is 12.2. The van der Waals surface area contributed by atoms with Crippen LogP contribution in [0.4, 0.5) is 0 Å². The first-order valence-electron chi connectivity index (χ1n) is 6.68. The van der Waals surface area contributed by atoms with Gasteiger partial charge in [-0.15, -0.1) is 0 Å². The second-order valence-electron chi connectivity index (χ2n) is 5.07. The fourth-order valence-corrected chi connectivity index (χ4v) is 2.73. The summed E-state index contributed by atoms with van der Waals surface area (Å²) in [5, 5.41) is 4.17. The Hall–Kier alpha value is -1.88. The number of nitrogens with two attached hydrogens (primary N) is 1. The van der Waals surface area contributed by atoms with Crippen molar-refractivity contribution in [3.63, 3.8) is 0 Å². The highest BCUT2D eigenvalue weighted by atomic mass is 16.1. The molecule has 1 aliphatic carbocycles. The molecule has 1 aliphatic rings. The minimum Gasteiger partial charge on any atom is -0.327 e. The van der Waals surface area contributed by atoms with Crippen LogP contribution in [0.25, 0.3) is 0 Å². The zero-order chi connectivity index (χ0) is 13.2. The van der Waals surface area contributed by atoms with E-state index in [1.54, 1.807) is 12.3 Å². The van der Waals surface area contributed by atoms with Crippen LogP contribution in [0.1, 0.15) is 17.7 Å². The van der Waals surface area contributed by atoms with E-state index in [2.05, 4.69) is 5.10 Å². The van der Waals surface area contributed by atoms with E-state index in [0.29, 0.717) is 6.54 Å². The van der Waals surface area contributed by atoms with Gasteiger partial charge in [0.15, 0.2) is 0 Å². The lowest BCUT2D eigenvalue weighted by molar-refractivity contribution is 0.481. The molecule has 0 aliphatic heterocycles. The van der Waals surface area contributed by atoms with E-state index < -0.39 is 0 Å². The Kier molecular flexibility index (Phi) is 3.21. The van der Waals surface area contributed by atoms with Crippen molar-refractivity contribution in [1.82, 2.24) is 14.3 Å². The summed E-state index contributed by atoms with van der Waals surface area (Å²) in [4.78, 5) is 12.0. The molecular weight excluding hydrogens is 240 g/mol. The summed E-state index contributed by atoms with van der Waals surface area (Å²) in [6.45, 7) is 1.38. The van der Waals surface area contributed by atoms with E-state index in [0.717, 1.165) is 31.5 Å². The van der Waals surface area contributed by atoms with Gasteiger partial charge in [0, 0.05) is 36.7 Å². The maximum Gasteiger partial charge on any atom is 0.250 e. The summed E-state index contributed by atoms with van der Waals surface area (Å²) in [6.07, 6.45) is 6.39. The zero-order valence-electron chi connectivity index (χ0n) is 10.8. The molecule has 0 spiro atoms. The molecule has 3 rings (SSSR count). The van der Waals surface area contributed by atoms with Crippen LogP contribution < -0.4 is 11.3 Å². The van der Waals surface area contributed by atoms with Crippen molar-refractivity contribution in [2.24, 2.45) is 5.73 Å². The van der Waals surface area contributed by atoms with Gasteiger partial charge < -0.3 is 10.3 Å². The molecule has 2 aromatic heterocycles. The Bertz CT molecular complexity index is 615. The van der Waals surface area contributed by atoms with Crippen molar-refractivity contribution in [2.45, 2.75) is 38.4 Å². The highest BCUT2D eigenvalue weighted by Crippen LogP contribution is 2.19. The molecule has 0 saturated carbocycles. The summed E-state index contributed by atoms with van der Waals surface area (Å²) >= 11 is 0. The number of aromatic nitrogens is 3. The van der Waals surface area contributed by atoms with Crippen LogP contribution in [0.5, 0.6) is 0 Å². The lowest BCUT2D eigenvalue weighted by Gasteiger charge is -2.24. The molecule has 0 radical (unpaired) electrons. The van der Waals surface area contributed by atoms with Crippen LogP contribution in [-0.4, -0.2) is 20.4 Å². The van der Waals surface area contributed by atoms with Crippen molar-refractivity contribution in [3.05, 3.63) is 52.2 Å². The molecule has 19 heavy (non-hydrogen) atoms. The van der Waals surface area contributed by atoms with Gasteiger partial charge in [-0.1, -0.05) is 6.07 Å². The molecule has 0 bridgehead atoms. The average Bonchev–Trinajstić information content (AvgIpc) is 2.91. The van der Waals surface area contributed by atoms with E-state index in [4.69, 9.17) is 5.73 Å². The molecule has 0 amide bonds. The third kappa shape index (κ3) is 2.46. The van der Waals surface area contributed by atoms with Crippen LogP contribution in [0, 0.1) is 0 Å². The van der Waals surface area contributed by atoms with E-state index in [-0.39, 0.29) is 11.6 Å². The molecular formula is C14H18N4O. The van der Waals surface area contributed by atoms with E-state index >= 15 is 0 Å². The summed E-state index contributed by atoms with van der Waals surface area (Å²) in [5.41, 5.74) is 8.43. The summed E-state index contributed by atoms with van der Waals surface area (Å²) in [5.74, 6) is 0. The van der Waals surface area contributed by atoms with E-state index in [1.165, 1.54) is 5.56 Å². The Balaban J connectivity index is 1.88. The fourth-order valence-electron chi connectivity index (χ4n) is 2.73. The summed E-state index contributed by atoms with van der Waals surface area (Å²) < 4.78 is 3.73. The number of nitrogens with zero attached hydrogens (tertiary/aromatic N) is 3. The monoisotopic (exact) mass is 258 g/mol. The van der Waals surface area contributed by atoms with Gasteiger partial charge in [0.05, 0.1) is 6.54 Å². The van der Waals surface area contributed by atoms with Crippen molar-refractivity contribution in [1.29, 1.82) is 0 Å². The van der Waals surface area contributed by atoms with Gasteiger partial charge in [0.25, 0.3) is 5.56 Å². The van der Waals surface area contributed by atoms with Crippen LogP contribution in [-0.2, 0) is 25.9 Å². The maximum absolute atomic E-state index is 12.0. The van der Waals surface area contributed by atoms with Gasteiger partial charge in [-0.3, -0.25) is 9.48 Å². The fraction of sp³-hybridized carbons (Fsp3) is 0.429. The van der Waals surface area contributed by atoms with Crippen LogP contribution in [0.3, 0.4) is 0 Å². The highest BCUT2D eigenvalue weighted by molar-refractivity contribution is 5.25. The zero-order valence-corrected chi connectivity index (χ0v) is 10.8. The van der Waals surface area contributed by atoms with Gasteiger partial charge in [-0.25, -0.2) is 0 Å². The molecule has 100 valence electrons. The third-order valence-corrected chi connectivity index (χ3v) is 3.74. The highest BCUT2D eigenvalue weighted by Gasteiger charge is 2.18. The molecule has 0 aromatic carbocycles. The van der Waals surface area contributed by atoms with Crippen molar-refractivity contribution >= 4 is 0 Å². The van der Waals surface area contributed by atoms with Crippen molar-refractivity contribution in [2.75, 3.05) is 0 Å². The Labute approximate surface area is 111 Å². The number of rotatable bonds is 3. The van der Waals surface area contributed by atoms with Gasteiger partial charge in [0.1, 0.15) is 0 Å². The smallest absolute Gasteiger partial charge is 0.250 e. The summed E-state index contributed by atoms with van der Waals surface area (Å²) in [7, 11) is 0. The molecule has 5 nitrogen and oxygen atoms in total. The molecule has 5 heteroatoms. The Morgan fingerprint density at radius 2 is 2.26 bits per heavy atom. The Morgan fingerprint density at radius 3 is 3.05 bits per heavy atom.